The van der Waals surface area contributed by atoms with Crippen LogP contribution in [0.4, 0.5) is 5.69 Å². The van der Waals surface area contributed by atoms with Crippen LogP contribution < -0.4 is 10.2 Å². The van der Waals surface area contributed by atoms with E-state index >= 15 is 0 Å². The number of benzene rings is 2. The highest BCUT2D eigenvalue weighted by atomic mass is 16.5. The summed E-state index contributed by atoms with van der Waals surface area (Å²) < 4.78 is 4.99. The Balaban J connectivity index is 1.69. The van der Waals surface area contributed by atoms with Crippen molar-refractivity contribution in [1.82, 2.24) is 5.32 Å². The molecule has 21 heavy (non-hydrogen) atoms. The lowest BCUT2D eigenvalue weighted by molar-refractivity contribution is 0.0993. The van der Waals surface area contributed by atoms with Gasteiger partial charge in [-0.3, -0.25) is 4.79 Å². The zero-order valence-electron chi connectivity index (χ0n) is 12.3. The first-order valence-electron chi connectivity index (χ1n) is 7.36. The topological polar surface area (TPSA) is 41.6 Å². The predicted molar refractivity (Wildman–Crippen MR) is 85.0 cm³/mol. The second kappa shape index (κ2) is 6.24. The second-order valence-electron chi connectivity index (χ2n) is 5.23. The molecule has 2 aromatic rings. The van der Waals surface area contributed by atoms with E-state index in [1.807, 2.05) is 29.2 Å². The summed E-state index contributed by atoms with van der Waals surface area (Å²) in [6.45, 7) is 3.19. The van der Waals surface area contributed by atoms with Crippen LogP contribution in [0.15, 0.2) is 36.4 Å². The molecule has 0 bridgehead atoms. The molecular weight excluding hydrogens is 264 g/mol. The summed E-state index contributed by atoms with van der Waals surface area (Å²) >= 11 is 0. The molecule has 1 amide bonds. The SMILES string of the molecule is COCCNCCCN1C(=O)c2cccc3cccc1c23. The molecule has 0 unspecified atom stereocenters. The van der Waals surface area contributed by atoms with Gasteiger partial charge in [0.15, 0.2) is 0 Å². The molecule has 0 aromatic heterocycles. The first-order chi connectivity index (χ1) is 10.3. The van der Waals surface area contributed by atoms with Crippen LogP contribution in [0.1, 0.15) is 16.8 Å². The highest BCUT2D eigenvalue weighted by molar-refractivity contribution is 6.24. The lowest BCUT2D eigenvalue weighted by Gasteiger charge is -2.17. The third-order valence-electron chi connectivity index (χ3n) is 3.87. The Morgan fingerprint density at radius 3 is 2.76 bits per heavy atom. The average molecular weight is 284 g/mol. The molecule has 1 aliphatic rings. The summed E-state index contributed by atoms with van der Waals surface area (Å²) in [5, 5.41) is 5.54. The lowest BCUT2D eigenvalue weighted by Crippen LogP contribution is -2.30. The number of rotatable bonds is 7. The first-order valence-corrected chi connectivity index (χ1v) is 7.36. The molecule has 1 heterocycles. The van der Waals surface area contributed by atoms with Crippen molar-refractivity contribution in [3.8, 4) is 0 Å². The van der Waals surface area contributed by atoms with E-state index in [0.717, 1.165) is 48.1 Å². The molecule has 110 valence electrons. The molecule has 0 saturated heterocycles. The van der Waals surface area contributed by atoms with Crippen LogP contribution in [0.2, 0.25) is 0 Å². The van der Waals surface area contributed by atoms with Crippen LogP contribution in [0.3, 0.4) is 0 Å². The standard InChI is InChI=1S/C17H20N2O2/c1-21-12-10-18-9-4-11-19-15-8-3-6-13-5-2-7-14(16(13)15)17(19)20/h2-3,5-8,18H,4,9-12H2,1H3. The molecular formula is C17H20N2O2. The minimum atomic E-state index is 0.124. The molecule has 1 aliphatic heterocycles. The monoisotopic (exact) mass is 284 g/mol. The Labute approximate surface area is 124 Å². The van der Waals surface area contributed by atoms with Gasteiger partial charge in [-0.2, -0.15) is 0 Å². The Morgan fingerprint density at radius 2 is 1.95 bits per heavy atom. The van der Waals surface area contributed by atoms with Crippen LogP contribution in [0.25, 0.3) is 10.8 Å². The summed E-state index contributed by atoms with van der Waals surface area (Å²) in [5.74, 6) is 0.124. The van der Waals surface area contributed by atoms with E-state index in [-0.39, 0.29) is 5.91 Å². The quantitative estimate of drug-likeness (QED) is 0.794. The second-order valence-corrected chi connectivity index (χ2v) is 5.23. The van der Waals surface area contributed by atoms with E-state index in [1.54, 1.807) is 7.11 Å². The number of nitrogens with one attached hydrogen (secondary N) is 1. The maximum absolute atomic E-state index is 12.5. The van der Waals surface area contributed by atoms with E-state index in [0.29, 0.717) is 6.61 Å². The molecule has 4 nitrogen and oxygen atoms in total. The van der Waals surface area contributed by atoms with E-state index in [9.17, 15) is 4.79 Å². The Morgan fingerprint density at radius 1 is 1.14 bits per heavy atom. The van der Waals surface area contributed by atoms with Gasteiger partial charge in [0.2, 0.25) is 0 Å². The Hall–Kier alpha value is -1.91. The smallest absolute Gasteiger partial charge is 0.258 e. The third kappa shape index (κ3) is 2.64. The molecule has 0 atom stereocenters. The van der Waals surface area contributed by atoms with Gasteiger partial charge in [0, 0.05) is 31.1 Å². The minimum absolute atomic E-state index is 0.124. The summed E-state index contributed by atoms with van der Waals surface area (Å²) in [6, 6.07) is 12.1. The predicted octanol–water partition coefficient (Wildman–Crippen LogP) is 2.43. The van der Waals surface area contributed by atoms with Gasteiger partial charge in [-0.05, 0) is 30.5 Å². The number of hydrogen-bond acceptors (Lipinski definition) is 3. The van der Waals surface area contributed by atoms with Gasteiger partial charge in [0.25, 0.3) is 5.91 Å². The number of nitrogens with zero attached hydrogens (tertiary/aromatic N) is 1. The van der Waals surface area contributed by atoms with Crippen molar-refractivity contribution in [2.24, 2.45) is 0 Å². The number of hydrogen-bond donors (Lipinski definition) is 1. The molecule has 0 spiro atoms. The van der Waals surface area contributed by atoms with Crippen LogP contribution in [-0.4, -0.2) is 39.3 Å². The normalized spacial score (nSPS) is 13.4. The van der Waals surface area contributed by atoms with Gasteiger partial charge >= 0.3 is 0 Å². The van der Waals surface area contributed by atoms with Crippen molar-refractivity contribution >= 4 is 22.4 Å². The van der Waals surface area contributed by atoms with E-state index in [1.165, 1.54) is 0 Å². The van der Waals surface area contributed by atoms with Gasteiger partial charge in [0.05, 0.1) is 12.3 Å². The van der Waals surface area contributed by atoms with E-state index < -0.39 is 0 Å². The van der Waals surface area contributed by atoms with Gasteiger partial charge < -0.3 is 15.0 Å². The molecule has 0 radical (unpaired) electrons. The molecule has 0 aliphatic carbocycles. The average Bonchev–Trinajstić information content (AvgIpc) is 2.79. The molecule has 0 fully saturated rings. The van der Waals surface area contributed by atoms with Crippen LogP contribution in [0, 0.1) is 0 Å². The van der Waals surface area contributed by atoms with Crippen molar-refractivity contribution in [1.29, 1.82) is 0 Å². The van der Waals surface area contributed by atoms with Crippen LogP contribution in [-0.2, 0) is 4.74 Å². The Kier molecular flexibility index (Phi) is 4.18. The molecule has 1 N–H and O–H groups in total. The van der Waals surface area contributed by atoms with Gasteiger partial charge in [-0.25, -0.2) is 0 Å². The Bertz CT molecular complexity index is 649. The zero-order valence-corrected chi connectivity index (χ0v) is 12.3. The van der Waals surface area contributed by atoms with E-state index in [2.05, 4.69) is 17.4 Å². The summed E-state index contributed by atoms with van der Waals surface area (Å²) in [6.07, 6.45) is 0.930. The van der Waals surface area contributed by atoms with Gasteiger partial charge in [-0.15, -0.1) is 0 Å². The van der Waals surface area contributed by atoms with Crippen LogP contribution >= 0.6 is 0 Å². The van der Waals surface area contributed by atoms with Crippen molar-refractivity contribution in [2.45, 2.75) is 6.42 Å². The highest BCUT2D eigenvalue weighted by Crippen LogP contribution is 2.36. The van der Waals surface area contributed by atoms with Crippen molar-refractivity contribution in [2.75, 3.05) is 38.3 Å². The lowest BCUT2D eigenvalue weighted by atomic mass is 10.1. The van der Waals surface area contributed by atoms with E-state index in [4.69, 9.17) is 4.74 Å². The number of carbonyl (C=O) groups is 1. The minimum Gasteiger partial charge on any atom is -0.383 e. The van der Waals surface area contributed by atoms with Crippen molar-refractivity contribution in [3.63, 3.8) is 0 Å². The first kappa shape index (κ1) is 14.0. The number of amides is 1. The van der Waals surface area contributed by atoms with Crippen molar-refractivity contribution < 1.29 is 9.53 Å². The summed E-state index contributed by atoms with van der Waals surface area (Å²) in [7, 11) is 1.70. The largest absolute Gasteiger partial charge is 0.383 e. The summed E-state index contributed by atoms with van der Waals surface area (Å²) in [4.78, 5) is 14.4. The third-order valence-corrected chi connectivity index (χ3v) is 3.87. The number of carbonyl (C=O) groups excluding carboxylic acids is 1. The van der Waals surface area contributed by atoms with Crippen molar-refractivity contribution in [3.05, 3.63) is 42.0 Å². The molecule has 3 rings (SSSR count). The van der Waals surface area contributed by atoms with Gasteiger partial charge in [0.1, 0.15) is 0 Å². The number of anilines is 1. The fourth-order valence-corrected chi connectivity index (χ4v) is 2.86. The maximum Gasteiger partial charge on any atom is 0.258 e. The zero-order chi connectivity index (χ0) is 14.7. The highest BCUT2D eigenvalue weighted by Gasteiger charge is 2.28. The fraction of sp³-hybridized carbons (Fsp3) is 0.353. The molecule has 4 heteroatoms. The fourth-order valence-electron chi connectivity index (χ4n) is 2.86. The number of methoxy groups -OCH3 is 1. The molecule has 2 aromatic carbocycles. The molecule has 0 saturated carbocycles. The van der Waals surface area contributed by atoms with Gasteiger partial charge in [-0.1, -0.05) is 24.3 Å². The maximum atomic E-state index is 12.5. The van der Waals surface area contributed by atoms with Crippen LogP contribution in [0.5, 0.6) is 0 Å². The number of ether oxygens (including phenoxy) is 1. The summed E-state index contributed by atoms with van der Waals surface area (Å²) in [5.41, 5.74) is 1.88.